The summed E-state index contributed by atoms with van der Waals surface area (Å²) >= 11 is 0. The predicted molar refractivity (Wildman–Crippen MR) is 74.4 cm³/mol. The largest absolute Gasteiger partial charge is 0.472 e. The quantitative estimate of drug-likeness (QED) is 0.787. The fourth-order valence-corrected chi connectivity index (χ4v) is 2.71. The number of furan rings is 1. The summed E-state index contributed by atoms with van der Waals surface area (Å²) in [5.74, 6) is 1.80. The van der Waals surface area contributed by atoms with Gasteiger partial charge < -0.3 is 14.6 Å². The lowest BCUT2D eigenvalue weighted by atomic mass is 9.87. The van der Waals surface area contributed by atoms with Crippen LogP contribution in [0.25, 0.3) is 0 Å². The Hall–Kier alpha value is -0.800. The molecule has 1 aliphatic rings. The standard InChI is InChI=1S/C15H26N2O/c1-13(2)15-3-7-17(8-4-15)9-6-16-11-14-5-10-18-12-14/h5,10,12-13,15-16H,3-4,6-9,11H2,1-2H3. The number of likely N-dealkylation sites (tertiary alicyclic amines) is 1. The highest BCUT2D eigenvalue weighted by Crippen LogP contribution is 2.23. The van der Waals surface area contributed by atoms with Gasteiger partial charge in [0.15, 0.2) is 0 Å². The van der Waals surface area contributed by atoms with E-state index in [9.17, 15) is 0 Å². The SMILES string of the molecule is CC(C)C1CCN(CCNCc2ccoc2)CC1. The Morgan fingerprint density at radius 2 is 2.17 bits per heavy atom. The van der Waals surface area contributed by atoms with Gasteiger partial charge in [-0.15, -0.1) is 0 Å². The zero-order chi connectivity index (χ0) is 12.8. The van der Waals surface area contributed by atoms with Gasteiger partial charge in [-0.3, -0.25) is 0 Å². The molecule has 1 aromatic rings. The Bertz CT molecular complexity index is 313. The van der Waals surface area contributed by atoms with Crippen molar-refractivity contribution in [3.05, 3.63) is 24.2 Å². The summed E-state index contributed by atoms with van der Waals surface area (Å²) in [7, 11) is 0. The summed E-state index contributed by atoms with van der Waals surface area (Å²) in [5.41, 5.74) is 1.23. The maximum absolute atomic E-state index is 5.05. The van der Waals surface area contributed by atoms with Crippen LogP contribution >= 0.6 is 0 Å². The molecule has 2 heterocycles. The molecule has 0 amide bonds. The van der Waals surface area contributed by atoms with Crippen molar-refractivity contribution in [2.24, 2.45) is 11.8 Å². The van der Waals surface area contributed by atoms with Crippen LogP contribution in [0.1, 0.15) is 32.3 Å². The molecule has 0 unspecified atom stereocenters. The molecule has 2 rings (SSSR count). The van der Waals surface area contributed by atoms with Gasteiger partial charge in [0.25, 0.3) is 0 Å². The first-order valence-electron chi connectivity index (χ1n) is 7.20. The lowest BCUT2D eigenvalue weighted by molar-refractivity contribution is 0.158. The van der Waals surface area contributed by atoms with Crippen molar-refractivity contribution in [3.63, 3.8) is 0 Å². The Labute approximate surface area is 111 Å². The lowest BCUT2D eigenvalue weighted by Crippen LogP contribution is -2.39. The monoisotopic (exact) mass is 250 g/mol. The average Bonchev–Trinajstić information content (AvgIpc) is 2.88. The highest BCUT2D eigenvalue weighted by Gasteiger charge is 2.20. The van der Waals surface area contributed by atoms with Gasteiger partial charge in [-0.25, -0.2) is 0 Å². The molecule has 0 aliphatic carbocycles. The van der Waals surface area contributed by atoms with Crippen molar-refractivity contribution in [2.45, 2.75) is 33.2 Å². The van der Waals surface area contributed by atoms with E-state index in [0.717, 1.165) is 24.9 Å². The van der Waals surface area contributed by atoms with Crippen LogP contribution in [0, 0.1) is 11.8 Å². The van der Waals surface area contributed by atoms with E-state index in [2.05, 4.69) is 24.1 Å². The summed E-state index contributed by atoms with van der Waals surface area (Å²) in [5, 5.41) is 3.47. The normalized spacial score (nSPS) is 18.6. The number of hydrogen-bond acceptors (Lipinski definition) is 3. The highest BCUT2D eigenvalue weighted by atomic mass is 16.3. The van der Waals surface area contributed by atoms with Crippen molar-refractivity contribution in [1.82, 2.24) is 10.2 Å². The topological polar surface area (TPSA) is 28.4 Å². The zero-order valence-electron chi connectivity index (χ0n) is 11.7. The molecule has 1 saturated heterocycles. The maximum atomic E-state index is 5.05. The molecular formula is C15H26N2O. The molecule has 0 aromatic carbocycles. The molecule has 0 saturated carbocycles. The van der Waals surface area contributed by atoms with Crippen LogP contribution in [0.4, 0.5) is 0 Å². The maximum Gasteiger partial charge on any atom is 0.0947 e. The van der Waals surface area contributed by atoms with E-state index in [4.69, 9.17) is 4.42 Å². The minimum atomic E-state index is 0.853. The molecule has 0 radical (unpaired) electrons. The Morgan fingerprint density at radius 1 is 1.39 bits per heavy atom. The van der Waals surface area contributed by atoms with E-state index in [1.807, 2.05) is 6.07 Å². The number of nitrogens with one attached hydrogen (secondary N) is 1. The minimum absolute atomic E-state index is 0.853. The van der Waals surface area contributed by atoms with Gasteiger partial charge >= 0.3 is 0 Å². The molecule has 1 aliphatic heterocycles. The fraction of sp³-hybridized carbons (Fsp3) is 0.733. The molecular weight excluding hydrogens is 224 g/mol. The van der Waals surface area contributed by atoms with Gasteiger partial charge in [-0.1, -0.05) is 13.8 Å². The molecule has 0 atom stereocenters. The average molecular weight is 250 g/mol. The fourth-order valence-electron chi connectivity index (χ4n) is 2.71. The van der Waals surface area contributed by atoms with Crippen LogP contribution < -0.4 is 5.32 Å². The minimum Gasteiger partial charge on any atom is -0.472 e. The van der Waals surface area contributed by atoms with Crippen molar-refractivity contribution < 1.29 is 4.42 Å². The Kier molecular flexibility index (Phi) is 5.26. The summed E-state index contributed by atoms with van der Waals surface area (Å²) in [4.78, 5) is 2.58. The van der Waals surface area contributed by atoms with Crippen molar-refractivity contribution >= 4 is 0 Å². The van der Waals surface area contributed by atoms with E-state index in [0.29, 0.717) is 0 Å². The van der Waals surface area contributed by atoms with Gasteiger partial charge in [0.05, 0.1) is 12.5 Å². The molecule has 102 valence electrons. The van der Waals surface area contributed by atoms with Crippen LogP contribution in [-0.2, 0) is 6.54 Å². The summed E-state index contributed by atoms with van der Waals surface area (Å²) in [6, 6.07) is 2.02. The summed E-state index contributed by atoms with van der Waals surface area (Å²) in [6.45, 7) is 10.4. The van der Waals surface area contributed by atoms with E-state index in [1.165, 1.54) is 38.0 Å². The second-order valence-electron chi connectivity index (χ2n) is 5.73. The van der Waals surface area contributed by atoms with Gasteiger partial charge in [0.2, 0.25) is 0 Å². The molecule has 0 spiro atoms. The van der Waals surface area contributed by atoms with Crippen LogP contribution in [0.3, 0.4) is 0 Å². The second-order valence-corrected chi connectivity index (χ2v) is 5.73. The van der Waals surface area contributed by atoms with Crippen LogP contribution in [0.2, 0.25) is 0 Å². The third kappa shape index (κ3) is 4.14. The molecule has 18 heavy (non-hydrogen) atoms. The van der Waals surface area contributed by atoms with Crippen molar-refractivity contribution in [2.75, 3.05) is 26.2 Å². The van der Waals surface area contributed by atoms with Crippen LogP contribution in [0.15, 0.2) is 23.0 Å². The van der Waals surface area contributed by atoms with Gasteiger partial charge in [-0.05, 0) is 43.8 Å². The third-order valence-corrected chi connectivity index (χ3v) is 4.09. The first-order chi connectivity index (χ1) is 8.75. The molecule has 1 fully saturated rings. The smallest absolute Gasteiger partial charge is 0.0947 e. The van der Waals surface area contributed by atoms with Gasteiger partial charge in [0.1, 0.15) is 0 Å². The number of nitrogens with zero attached hydrogens (tertiary/aromatic N) is 1. The van der Waals surface area contributed by atoms with Crippen molar-refractivity contribution in [3.8, 4) is 0 Å². The molecule has 0 bridgehead atoms. The third-order valence-electron chi connectivity index (χ3n) is 4.09. The van der Waals surface area contributed by atoms with E-state index in [1.54, 1.807) is 12.5 Å². The second kappa shape index (κ2) is 6.95. The van der Waals surface area contributed by atoms with Gasteiger partial charge in [-0.2, -0.15) is 0 Å². The predicted octanol–water partition coefficient (Wildman–Crippen LogP) is 2.74. The van der Waals surface area contributed by atoms with Gasteiger partial charge in [0, 0.05) is 25.2 Å². The van der Waals surface area contributed by atoms with Crippen LogP contribution in [-0.4, -0.2) is 31.1 Å². The molecule has 3 heteroatoms. The number of piperidine rings is 1. The Balaban J connectivity index is 1.55. The molecule has 1 aromatic heterocycles. The first-order valence-corrected chi connectivity index (χ1v) is 7.20. The summed E-state index contributed by atoms with van der Waals surface area (Å²) in [6.07, 6.45) is 6.29. The summed E-state index contributed by atoms with van der Waals surface area (Å²) < 4.78 is 5.05. The van der Waals surface area contributed by atoms with E-state index >= 15 is 0 Å². The van der Waals surface area contributed by atoms with E-state index in [-0.39, 0.29) is 0 Å². The zero-order valence-corrected chi connectivity index (χ0v) is 11.7. The molecule has 3 nitrogen and oxygen atoms in total. The Morgan fingerprint density at radius 3 is 2.78 bits per heavy atom. The highest BCUT2D eigenvalue weighted by molar-refractivity contribution is 5.04. The molecule has 1 N–H and O–H groups in total. The van der Waals surface area contributed by atoms with Crippen molar-refractivity contribution in [1.29, 1.82) is 0 Å². The number of rotatable bonds is 6. The lowest BCUT2D eigenvalue weighted by Gasteiger charge is -2.33. The first kappa shape index (κ1) is 13.6. The van der Waals surface area contributed by atoms with Crippen LogP contribution in [0.5, 0.6) is 0 Å². The van der Waals surface area contributed by atoms with E-state index < -0.39 is 0 Å². The number of hydrogen-bond donors (Lipinski definition) is 1.